The smallest absolute Gasteiger partial charge is 0.392 e. The Morgan fingerprint density at radius 1 is 1.42 bits per heavy atom. The molecule has 4 nitrogen and oxygen atoms in total. The highest BCUT2D eigenvalue weighted by Crippen LogP contribution is 2.57. The molecule has 2 atom stereocenters. The normalized spacial score (nSPS) is 26.3. The van der Waals surface area contributed by atoms with Gasteiger partial charge in [0.1, 0.15) is 11.3 Å². The van der Waals surface area contributed by atoms with Gasteiger partial charge in [0, 0.05) is 11.8 Å². The molecular formula is C12H12F3NO3. The van der Waals surface area contributed by atoms with Crippen LogP contribution in [-0.2, 0) is 4.74 Å². The van der Waals surface area contributed by atoms with Gasteiger partial charge in [-0.3, -0.25) is 0 Å². The molecule has 0 radical (unpaired) electrons. The van der Waals surface area contributed by atoms with Crippen molar-refractivity contribution in [3.05, 3.63) is 17.0 Å². The van der Waals surface area contributed by atoms with Gasteiger partial charge in [0.25, 0.3) is 0 Å². The van der Waals surface area contributed by atoms with Gasteiger partial charge in [-0.25, -0.2) is 4.79 Å². The zero-order valence-electron chi connectivity index (χ0n) is 10.2. The highest BCUT2D eigenvalue weighted by Gasteiger charge is 2.58. The van der Waals surface area contributed by atoms with Crippen LogP contribution in [0.5, 0.6) is 0 Å². The number of hydrogen-bond acceptors (Lipinski definition) is 4. The maximum Gasteiger partial charge on any atom is 0.392 e. The number of carbonyl (C=O) groups is 1. The number of ether oxygens (including phenoxy) is 1. The third-order valence-electron chi connectivity index (χ3n) is 3.64. The molecule has 0 amide bonds. The van der Waals surface area contributed by atoms with Crippen molar-refractivity contribution in [3.63, 3.8) is 0 Å². The van der Waals surface area contributed by atoms with E-state index in [1.54, 1.807) is 0 Å². The average Bonchev–Trinajstić information content (AvgIpc) is 3.24. The molecule has 0 unspecified atom stereocenters. The fraction of sp³-hybridized carbons (Fsp3) is 0.667. The Labute approximate surface area is 106 Å². The fourth-order valence-corrected chi connectivity index (χ4v) is 2.36. The van der Waals surface area contributed by atoms with Crippen molar-refractivity contribution in [2.45, 2.75) is 37.3 Å². The van der Waals surface area contributed by atoms with Gasteiger partial charge in [-0.15, -0.1) is 0 Å². The number of halogens is 3. The summed E-state index contributed by atoms with van der Waals surface area (Å²) in [6.07, 6.45) is -2.56. The first-order valence-corrected chi connectivity index (χ1v) is 6.08. The van der Waals surface area contributed by atoms with Crippen LogP contribution in [0.3, 0.4) is 0 Å². The molecule has 7 heteroatoms. The standard InChI is InChI=1S/C12H12F3NO3/c1-18-11(17)8-9(6-4-7(6)12(13,14)15)16-19-10(8)5-2-3-5/h5-7H,2-4H2,1H3/t6-,7-/m1/s1. The Balaban J connectivity index is 1.92. The van der Waals surface area contributed by atoms with Crippen LogP contribution >= 0.6 is 0 Å². The second kappa shape index (κ2) is 3.98. The molecule has 0 aliphatic heterocycles. The second-order valence-corrected chi connectivity index (χ2v) is 5.06. The summed E-state index contributed by atoms with van der Waals surface area (Å²) in [7, 11) is 1.20. The van der Waals surface area contributed by atoms with Crippen molar-refractivity contribution in [1.29, 1.82) is 0 Å². The molecule has 0 aromatic carbocycles. The van der Waals surface area contributed by atoms with E-state index in [2.05, 4.69) is 9.89 Å². The van der Waals surface area contributed by atoms with Crippen LogP contribution in [0.25, 0.3) is 0 Å². The van der Waals surface area contributed by atoms with Gasteiger partial charge >= 0.3 is 12.1 Å². The molecule has 2 fully saturated rings. The summed E-state index contributed by atoms with van der Waals surface area (Å²) >= 11 is 0. The van der Waals surface area contributed by atoms with E-state index in [9.17, 15) is 18.0 Å². The first-order valence-electron chi connectivity index (χ1n) is 6.08. The minimum atomic E-state index is -4.25. The van der Waals surface area contributed by atoms with Crippen molar-refractivity contribution in [2.24, 2.45) is 5.92 Å². The molecule has 104 valence electrons. The predicted octanol–water partition coefficient (Wildman–Crippen LogP) is 3.00. The van der Waals surface area contributed by atoms with Crippen LogP contribution in [0.4, 0.5) is 13.2 Å². The number of carbonyl (C=O) groups excluding carboxylic acids is 1. The van der Waals surface area contributed by atoms with Crippen LogP contribution in [-0.4, -0.2) is 24.4 Å². The number of nitrogens with zero attached hydrogens (tertiary/aromatic N) is 1. The fourth-order valence-electron chi connectivity index (χ4n) is 2.36. The largest absolute Gasteiger partial charge is 0.465 e. The first-order chi connectivity index (χ1) is 8.93. The van der Waals surface area contributed by atoms with Gasteiger partial charge in [0.05, 0.1) is 13.0 Å². The Hall–Kier alpha value is -1.53. The molecule has 1 heterocycles. The molecule has 2 aliphatic rings. The van der Waals surface area contributed by atoms with Crippen molar-refractivity contribution in [2.75, 3.05) is 7.11 Å². The number of esters is 1. The summed E-state index contributed by atoms with van der Waals surface area (Å²) in [5.41, 5.74) is 0.220. The van der Waals surface area contributed by atoms with Gasteiger partial charge in [-0.2, -0.15) is 13.2 Å². The first kappa shape index (κ1) is 12.5. The van der Waals surface area contributed by atoms with Crippen LogP contribution in [0.1, 0.15) is 52.9 Å². The third kappa shape index (κ3) is 2.11. The van der Waals surface area contributed by atoms with Crippen LogP contribution < -0.4 is 0 Å². The van der Waals surface area contributed by atoms with E-state index in [0.717, 1.165) is 12.8 Å². The van der Waals surface area contributed by atoms with Gasteiger partial charge in [-0.1, -0.05) is 5.16 Å². The van der Waals surface area contributed by atoms with Crippen molar-refractivity contribution < 1.29 is 27.2 Å². The van der Waals surface area contributed by atoms with E-state index >= 15 is 0 Å². The lowest BCUT2D eigenvalue weighted by atomic mass is 10.1. The minimum Gasteiger partial charge on any atom is -0.465 e. The summed E-state index contributed by atoms with van der Waals surface area (Å²) in [5.74, 6) is -2.38. The molecule has 3 rings (SSSR count). The number of rotatable bonds is 3. The van der Waals surface area contributed by atoms with Gasteiger partial charge in [0.2, 0.25) is 0 Å². The molecular weight excluding hydrogens is 263 g/mol. The zero-order valence-corrected chi connectivity index (χ0v) is 10.2. The van der Waals surface area contributed by atoms with E-state index < -0.39 is 24.0 Å². The SMILES string of the molecule is COC(=O)c1c([C@@H]2C[C@H]2C(F)(F)F)noc1C1CC1. The topological polar surface area (TPSA) is 52.3 Å². The number of alkyl halides is 3. The lowest BCUT2D eigenvalue weighted by molar-refractivity contribution is -0.148. The molecule has 1 aromatic rings. The Bertz CT molecular complexity index is 519. The second-order valence-electron chi connectivity index (χ2n) is 5.06. The summed E-state index contributed by atoms with van der Waals surface area (Å²) in [4.78, 5) is 11.7. The molecule has 0 saturated heterocycles. The Morgan fingerprint density at radius 2 is 2.11 bits per heavy atom. The summed E-state index contributed by atoms with van der Waals surface area (Å²) < 4.78 is 47.5. The molecule has 19 heavy (non-hydrogen) atoms. The minimum absolute atomic E-state index is 0.0376. The number of methoxy groups -OCH3 is 1. The van der Waals surface area contributed by atoms with Crippen LogP contribution in [0.15, 0.2) is 4.52 Å². The van der Waals surface area contributed by atoms with Gasteiger partial charge < -0.3 is 9.26 Å². The molecule has 0 N–H and O–H groups in total. The summed E-state index contributed by atoms with van der Waals surface area (Å²) in [6.45, 7) is 0. The van der Waals surface area contributed by atoms with E-state index in [4.69, 9.17) is 4.52 Å². The highest BCUT2D eigenvalue weighted by molar-refractivity contribution is 5.92. The zero-order chi connectivity index (χ0) is 13.8. The van der Waals surface area contributed by atoms with Gasteiger partial charge in [0.15, 0.2) is 5.76 Å². The van der Waals surface area contributed by atoms with E-state index in [-0.39, 0.29) is 23.6 Å². The van der Waals surface area contributed by atoms with Crippen LogP contribution in [0, 0.1) is 5.92 Å². The lowest BCUT2D eigenvalue weighted by Crippen LogP contribution is -2.13. The predicted molar refractivity (Wildman–Crippen MR) is 56.7 cm³/mol. The molecule has 0 spiro atoms. The monoisotopic (exact) mass is 275 g/mol. The maximum atomic E-state index is 12.6. The average molecular weight is 275 g/mol. The van der Waals surface area contributed by atoms with Crippen molar-refractivity contribution in [1.82, 2.24) is 5.16 Å². The quantitative estimate of drug-likeness (QED) is 0.796. The molecule has 2 aliphatic carbocycles. The molecule has 0 bridgehead atoms. The van der Waals surface area contributed by atoms with Crippen molar-refractivity contribution in [3.8, 4) is 0 Å². The molecule has 1 aromatic heterocycles. The maximum absolute atomic E-state index is 12.6. The van der Waals surface area contributed by atoms with Gasteiger partial charge in [-0.05, 0) is 19.3 Å². The van der Waals surface area contributed by atoms with E-state index in [0.29, 0.717) is 5.76 Å². The van der Waals surface area contributed by atoms with Crippen molar-refractivity contribution >= 4 is 5.97 Å². The number of aromatic nitrogens is 1. The van der Waals surface area contributed by atoms with E-state index in [1.165, 1.54) is 7.11 Å². The summed E-state index contributed by atoms with van der Waals surface area (Å²) in [6, 6.07) is 0. The Morgan fingerprint density at radius 3 is 2.58 bits per heavy atom. The van der Waals surface area contributed by atoms with Crippen LogP contribution in [0.2, 0.25) is 0 Å². The highest BCUT2D eigenvalue weighted by atomic mass is 19.4. The van der Waals surface area contributed by atoms with E-state index in [1.807, 2.05) is 0 Å². The summed E-state index contributed by atoms with van der Waals surface area (Å²) in [5, 5.41) is 3.70. The number of hydrogen-bond donors (Lipinski definition) is 0. The lowest BCUT2D eigenvalue weighted by Gasteiger charge is -2.04. The third-order valence-corrected chi connectivity index (χ3v) is 3.64. The molecule has 2 saturated carbocycles. The Kier molecular flexibility index (Phi) is 2.62.